The lowest BCUT2D eigenvalue weighted by molar-refractivity contribution is -0.142. The van der Waals surface area contributed by atoms with Crippen LogP contribution in [-0.4, -0.2) is 66.6 Å². The highest BCUT2D eigenvalue weighted by Gasteiger charge is 2.49. The molecular weight excluding hydrogens is 507 g/mol. The molecule has 3 aromatic rings. The quantitative estimate of drug-likeness (QED) is 0.370. The Bertz CT molecular complexity index is 1330. The lowest BCUT2D eigenvalue weighted by Gasteiger charge is -2.43. The second-order valence-corrected chi connectivity index (χ2v) is 11.6. The van der Waals surface area contributed by atoms with Gasteiger partial charge in [-0.1, -0.05) is 30.3 Å². The van der Waals surface area contributed by atoms with Crippen molar-refractivity contribution in [1.29, 1.82) is 0 Å². The van der Waals surface area contributed by atoms with Crippen molar-refractivity contribution >= 4 is 22.7 Å². The second-order valence-electron chi connectivity index (χ2n) is 11.6. The van der Waals surface area contributed by atoms with Gasteiger partial charge in [-0.2, -0.15) is 0 Å². The first kappa shape index (κ1) is 28.3. The van der Waals surface area contributed by atoms with Crippen molar-refractivity contribution in [2.75, 3.05) is 20.7 Å². The molecule has 2 fully saturated rings. The van der Waals surface area contributed by atoms with E-state index in [9.17, 15) is 14.0 Å². The molecule has 2 aliphatic rings. The third kappa shape index (κ3) is 5.65. The first-order valence-electron chi connectivity index (χ1n) is 14.4. The second kappa shape index (κ2) is 12.1. The smallest absolute Gasteiger partial charge is 0.248 e. The fourth-order valence-corrected chi connectivity index (χ4v) is 6.92. The van der Waals surface area contributed by atoms with E-state index in [0.29, 0.717) is 18.4 Å². The topological polar surface area (TPSA) is 86.5 Å². The van der Waals surface area contributed by atoms with Gasteiger partial charge >= 0.3 is 0 Å². The summed E-state index contributed by atoms with van der Waals surface area (Å²) in [6.07, 6.45) is 5.41. The Morgan fingerprint density at radius 1 is 1.15 bits per heavy atom. The van der Waals surface area contributed by atoms with Crippen LogP contribution in [0.4, 0.5) is 4.39 Å². The molecule has 7 nitrogen and oxygen atoms in total. The predicted octanol–water partition coefficient (Wildman–Crippen LogP) is 4.39. The zero-order chi connectivity index (χ0) is 28.4. The molecule has 1 saturated carbocycles. The maximum Gasteiger partial charge on any atom is 0.248 e. The minimum atomic E-state index is -0.785. The van der Waals surface area contributed by atoms with Gasteiger partial charge in [0.2, 0.25) is 11.8 Å². The van der Waals surface area contributed by atoms with Gasteiger partial charge in [0.1, 0.15) is 11.9 Å². The Balaban J connectivity index is 1.48. The van der Waals surface area contributed by atoms with Crippen molar-refractivity contribution in [3.63, 3.8) is 0 Å². The van der Waals surface area contributed by atoms with Gasteiger partial charge < -0.3 is 25.3 Å². The third-order valence-electron chi connectivity index (χ3n) is 9.18. The van der Waals surface area contributed by atoms with E-state index < -0.39 is 18.2 Å². The van der Waals surface area contributed by atoms with Crippen LogP contribution in [0.15, 0.2) is 54.7 Å². The van der Waals surface area contributed by atoms with Crippen LogP contribution in [0.2, 0.25) is 0 Å². The van der Waals surface area contributed by atoms with Crippen molar-refractivity contribution < 1.29 is 18.7 Å². The summed E-state index contributed by atoms with van der Waals surface area (Å²) >= 11 is 0. The molecule has 1 aliphatic heterocycles. The number of likely N-dealkylation sites (tertiary alicyclic amines) is 1. The largest absolute Gasteiger partial charge is 0.379 e. The first-order chi connectivity index (χ1) is 19.3. The SMILES string of the molecule is CN[C@@H](C)C(=O)N[C@H](C(=O)N1CC[C@H]2CC(Cc3ccccc3)C[C@H](c3c[nH]c4cc(F)ccc34)[C@H]21)[C@@H](C)OC. The molecule has 3 N–H and O–H groups in total. The number of hydrogen-bond donors (Lipinski definition) is 3. The number of aromatic amines is 1. The van der Waals surface area contributed by atoms with Crippen LogP contribution in [0.3, 0.4) is 0 Å². The lowest BCUT2D eigenvalue weighted by Crippen LogP contribution is -2.59. The van der Waals surface area contributed by atoms with E-state index in [2.05, 4.69) is 39.9 Å². The van der Waals surface area contributed by atoms with E-state index in [1.165, 1.54) is 17.7 Å². The van der Waals surface area contributed by atoms with Crippen LogP contribution < -0.4 is 10.6 Å². The van der Waals surface area contributed by atoms with Crippen molar-refractivity contribution in [3.8, 4) is 0 Å². The number of aromatic nitrogens is 1. The zero-order valence-corrected chi connectivity index (χ0v) is 23.8. The average Bonchev–Trinajstić information content (AvgIpc) is 3.58. The predicted molar refractivity (Wildman–Crippen MR) is 154 cm³/mol. The number of nitrogens with zero attached hydrogens (tertiary/aromatic N) is 1. The normalized spacial score (nSPS) is 24.9. The van der Waals surface area contributed by atoms with Gasteiger partial charge in [0.05, 0.1) is 12.1 Å². The monoisotopic (exact) mass is 548 g/mol. The number of ether oxygens (including phenoxy) is 1. The fourth-order valence-electron chi connectivity index (χ4n) is 6.92. The summed E-state index contributed by atoms with van der Waals surface area (Å²) in [4.78, 5) is 32.3. The van der Waals surface area contributed by atoms with E-state index in [0.717, 1.165) is 42.1 Å². The summed E-state index contributed by atoms with van der Waals surface area (Å²) in [7, 11) is 3.28. The Morgan fingerprint density at radius 3 is 2.65 bits per heavy atom. The molecule has 0 radical (unpaired) electrons. The average molecular weight is 549 g/mol. The van der Waals surface area contributed by atoms with Crippen LogP contribution in [0.5, 0.6) is 0 Å². The minimum absolute atomic E-state index is 0.00578. The molecule has 1 aliphatic carbocycles. The molecule has 1 unspecified atom stereocenters. The number of carbonyl (C=O) groups excluding carboxylic acids is 2. The molecule has 214 valence electrons. The van der Waals surface area contributed by atoms with Gasteiger partial charge in [0, 0.05) is 42.7 Å². The highest BCUT2D eigenvalue weighted by atomic mass is 19.1. The fraction of sp³-hybridized carbons (Fsp3) is 0.500. The summed E-state index contributed by atoms with van der Waals surface area (Å²) in [5, 5.41) is 6.90. The molecule has 2 heterocycles. The number of amides is 2. The Hall–Kier alpha value is -3.23. The summed E-state index contributed by atoms with van der Waals surface area (Å²) in [5.41, 5.74) is 3.23. The van der Waals surface area contributed by atoms with Crippen molar-refractivity contribution in [2.45, 2.75) is 69.7 Å². The number of hydrogen-bond acceptors (Lipinski definition) is 4. The van der Waals surface area contributed by atoms with Crippen LogP contribution in [0.25, 0.3) is 10.9 Å². The summed E-state index contributed by atoms with van der Waals surface area (Å²) in [6.45, 7) is 4.23. The van der Waals surface area contributed by atoms with Crippen molar-refractivity contribution in [2.24, 2.45) is 11.8 Å². The molecule has 8 heteroatoms. The molecule has 2 amide bonds. The maximum atomic E-state index is 14.2. The summed E-state index contributed by atoms with van der Waals surface area (Å²) in [5.74, 6) is 0.290. The van der Waals surface area contributed by atoms with Gasteiger partial charge in [0.25, 0.3) is 0 Å². The van der Waals surface area contributed by atoms with E-state index in [1.807, 2.05) is 30.2 Å². The third-order valence-corrected chi connectivity index (χ3v) is 9.18. The van der Waals surface area contributed by atoms with Crippen LogP contribution in [-0.2, 0) is 20.7 Å². The molecule has 7 atom stereocenters. The number of halogens is 1. The number of benzene rings is 2. The lowest BCUT2D eigenvalue weighted by atomic mass is 9.68. The number of fused-ring (bicyclic) bond motifs is 2. The van der Waals surface area contributed by atoms with Gasteiger partial charge in [-0.3, -0.25) is 9.59 Å². The zero-order valence-electron chi connectivity index (χ0n) is 23.8. The molecule has 1 saturated heterocycles. The standard InChI is InChI=1S/C32H41FN4O3/c1-19(34-3)31(38)36-29(20(2)40-4)32(39)37-13-12-23-15-22(14-21-8-6-5-7-9-21)16-26(30(23)37)27-18-35-28-17-24(33)10-11-25(27)28/h5-11,17-20,22-23,26,29-30,34-35H,12-16H2,1-4H3,(H,36,38)/t19-,20+,22?,23-,26+,29-,30-/m0/s1. The van der Waals surface area contributed by atoms with Crippen LogP contribution in [0, 0.1) is 17.7 Å². The van der Waals surface area contributed by atoms with Gasteiger partial charge in [-0.25, -0.2) is 4.39 Å². The van der Waals surface area contributed by atoms with Crippen LogP contribution >= 0.6 is 0 Å². The Labute approximate surface area is 235 Å². The summed E-state index contributed by atoms with van der Waals surface area (Å²) in [6, 6.07) is 14.3. The molecule has 2 aromatic carbocycles. The molecule has 1 aromatic heterocycles. The molecule has 40 heavy (non-hydrogen) atoms. The number of methoxy groups -OCH3 is 1. The van der Waals surface area contributed by atoms with Gasteiger partial charge in [-0.15, -0.1) is 0 Å². The van der Waals surface area contributed by atoms with E-state index in [4.69, 9.17) is 4.74 Å². The number of likely N-dealkylation sites (N-methyl/N-ethyl adjacent to an activating group) is 1. The highest BCUT2D eigenvalue weighted by Crippen LogP contribution is 2.49. The summed E-state index contributed by atoms with van der Waals surface area (Å²) < 4.78 is 19.6. The van der Waals surface area contributed by atoms with Crippen molar-refractivity contribution in [1.82, 2.24) is 20.5 Å². The number of nitrogens with one attached hydrogen (secondary N) is 3. The van der Waals surface area contributed by atoms with Gasteiger partial charge in [0.15, 0.2) is 0 Å². The molecule has 0 spiro atoms. The maximum absolute atomic E-state index is 14.2. The number of rotatable bonds is 9. The van der Waals surface area contributed by atoms with E-state index in [-0.39, 0.29) is 29.6 Å². The molecule has 0 bridgehead atoms. The Morgan fingerprint density at radius 2 is 1.93 bits per heavy atom. The van der Waals surface area contributed by atoms with E-state index >= 15 is 0 Å². The molecule has 5 rings (SSSR count). The molecular formula is C32H41FN4O3. The van der Waals surface area contributed by atoms with E-state index in [1.54, 1.807) is 21.1 Å². The number of carbonyl (C=O) groups is 2. The van der Waals surface area contributed by atoms with Crippen molar-refractivity contribution in [3.05, 3.63) is 71.7 Å². The number of H-pyrrole nitrogens is 1. The highest BCUT2D eigenvalue weighted by molar-refractivity contribution is 5.90. The first-order valence-corrected chi connectivity index (χ1v) is 14.4. The van der Waals surface area contributed by atoms with Gasteiger partial charge in [-0.05, 0) is 87.7 Å². The minimum Gasteiger partial charge on any atom is -0.379 e. The van der Waals surface area contributed by atoms with Crippen LogP contribution in [0.1, 0.15) is 50.2 Å². The Kier molecular flexibility index (Phi) is 8.57.